The van der Waals surface area contributed by atoms with Gasteiger partial charge in [-0.15, -0.1) is 11.6 Å². The smallest absolute Gasteiger partial charge is 0.218 e. The first-order chi connectivity index (χ1) is 9.88. The number of ether oxygens (including phenoxy) is 1. The molecule has 1 fully saturated rings. The van der Waals surface area contributed by atoms with Gasteiger partial charge in [0, 0.05) is 26.1 Å². The van der Waals surface area contributed by atoms with Crippen LogP contribution in [0.25, 0.3) is 0 Å². The summed E-state index contributed by atoms with van der Waals surface area (Å²) in [6.45, 7) is 2.95. The van der Waals surface area contributed by atoms with Crippen molar-refractivity contribution < 1.29 is 13.2 Å². The summed E-state index contributed by atoms with van der Waals surface area (Å²) in [6, 6.07) is 7.39. The Hall–Kier alpha value is -0.620. The molecule has 0 bridgehead atoms. The first kappa shape index (κ1) is 16.7. The molecule has 1 aliphatic heterocycles. The van der Waals surface area contributed by atoms with Crippen LogP contribution >= 0.6 is 11.6 Å². The van der Waals surface area contributed by atoms with E-state index in [1.807, 2.05) is 31.2 Å². The molecular formula is C15H22ClNO3S. The van der Waals surface area contributed by atoms with Crippen LogP contribution in [0.2, 0.25) is 0 Å². The number of benzene rings is 1. The van der Waals surface area contributed by atoms with Gasteiger partial charge in [0.15, 0.2) is 0 Å². The lowest BCUT2D eigenvalue weighted by molar-refractivity contribution is -0.0319. The minimum Gasteiger partial charge on any atom is -0.377 e. The largest absolute Gasteiger partial charge is 0.377 e. The van der Waals surface area contributed by atoms with E-state index in [0.29, 0.717) is 19.0 Å². The molecule has 1 aromatic carbocycles. The normalized spacial score (nSPS) is 24.1. The molecule has 2 rings (SSSR count). The first-order valence-corrected chi connectivity index (χ1v) is 9.20. The predicted molar refractivity (Wildman–Crippen MR) is 84.8 cm³/mol. The minimum absolute atomic E-state index is 0.0232. The van der Waals surface area contributed by atoms with E-state index < -0.39 is 10.0 Å². The quantitative estimate of drug-likeness (QED) is 0.779. The fourth-order valence-electron chi connectivity index (χ4n) is 2.59. The Bertz CT molecular complexity index is 573. The molecule has 6 heteroatoms. The molecule has 1 heterocycles. The van der Waals surface area contributed by atoms with Crippen LogP contribution in [0.1, 0.15) is 30.9 Å². The Labute approximate surface area is 132 Å². The van der Waals surface area contributed by atoms with Crippen LogP contribution in [0.15, 0.2) is 24.3 Å². The van der Waals surface area contributed by atoms with Crippen LogP contribution in [0.3, 0.4) is 0 Å². The van der Waals surface area contributed by atoms with E-state index in [4.69, 9.17) is 16.3 Å². The predicted octanol–water partition coefficient (Wildman–Crippen LogP) is 2.76. The van der Waals surface area contributed by atoms with Gasteiger partial charge in [-0.2, -0.15) is 4.31 Å². The second kappa shape index (κ2) is 6.65. The summed E-state index contributed by atoms with van der Waals surface area (Å²) in [5.41, 5.74) is 1.39. The molecule has 4 nitrogen and oxygen atoms in total. The molecule has 0 aromatic heterocycles. The second-order valence-electron chi connectivity index (χ2n) is 5.80. The van der Waals surface area contributed by atoms with Crippen molar-refractivity contribution >= 4 is 21.6 Å². The number of halogens is 1. The fourth-order valence-corrected chi connectivity index (χ4v) is 4.44. The highest BCUT2D eigenvalue weighted by Crippen LogP contribution is 2.26. The Morgan fingerprint density at radius 2 is 1.90 bits per heavy atom. The molecule has 1 saturated heterocycles. The Morgan fingerprint density at radius 3 is 2.48 bits per heavy atom. The van der Waals surface area contributed by atoms with Crippen molar-refractivity contribution in [3.8, 4) is 0 Å². The number of rotatable bonds is 5. The maximum absolute atomic E-state index is 12.6. The van der Waals surface area contributed by atoms with Gasteiger partial charge in [-0.25, -0.2) is 8.42 Å². The van der Waals surface area contributed by atoms with Gasteiger partial charge in [-0.3, -0.25) is 0 Å². The number of nitrogens with zero attached hydrogens (tertiary/aromatic N) is 1. The summed E-state index contributed by atoms with van der Waals surface area (Å²) >= 11 is 5.74. The van der Waals surface area contributed by atoms with Crippen molar-refractivity contribution in [2.75, 3.05) is 20.2 Å². The van der Waals surface area contributed by atoms with Crippen molar-refractivity contribution in [3.05, 3.63) is 35.4 Å². The second-order valence-corrected chi connectivity index (χ2v) is 8.03. The molecule has 0 spiro atoms. The SMILES string of the molecule is COC1(C)CCCN(S(=O)(=O)Cc2ccc(CCl)cc2)C1. The van der Waals surface area contributed by atoms with E-state index in [1.165, 1.54) is 0 Å². The van der Waals surface area contributed by atoms with E-state index >= 15 is 0 Å². The van der Waals surface area contributed by atoms with Crippen molar-refractivity contribution in [1.82, 2.24) is 4.31 Å². The summed E-state index contributed by atoms with van der Waals surface area (Å²) in [5.74, 6) is 0.459. The molecule has 21 heavy (non-hydrogen) atoms. The van der Waals surface area contributed by atoms with Crippen molar-refractivity contribution in [3.63, 3.8) is 0 Å². The third-order valence-electron chi connectivity index (χ3n) is 4.04. The standard InChI is InChI=1S/C15H22ClNO3S/c1-15(20-2)8-3-9-17(12-15)21(18,19)11-14-6-4-13(10-16)5-7-14/h4-7H,3,8-12H2,1-2H3. The molecule has 118 valence electrons. The van der Waals surface area contributed by atoms with Gasteiger partial charge >= 0.3 is 0 Å². The summed E-state index contributed by atoms with van der Waals surface area (Å²) < 4.78 is 32.1. The van der Waals surface area contributed by atoms with E-state index in [1.54, 1.807) is 11.4 Å². The zero-order valence-electron chi connectivity index (χ0n) is 12.5. The van der Waals surface area contributed by atoms with Gasteiger partial charge < -0.3 is 4.74 Å². The molecule has 1 aliphatic rings. The topological polar surface area (TPSA) is 46.6 Å². The van der Waals surface area contributed by atoms with E-state index in [2.05, 4.69) is 0 Å². The molecule has 1 unspecified atom stereocenters. The number of alkyl halides is 1. The van der Waals surface area contributed by atoms with E-state index in [0.717, 1.165) is 24.0 Å². The average Bonchev–Trinajstić information content (AvgIpc) is 2.48. The first-order valence-electron chi connectivity index (χ1n) is 7.05. The highest BCUT2D eigenvalue weighted by molar-refractivity contribution is 7.88. The molecular weight excluding hydrogens is 310 g/mol. The highest BCUT2D eigenvalue weighted by atomic mass is 35.5. The minimum atomic E-state index is -3.32. The van der Waals surface area contributed by atoms with Crippen LogP contribution in [-0.2, 0) is 26.4 Å². The molecule has 1 atom stereocenters. The molecule has 1 aromatic rings. The van der Waals surface area contributed by atoms with Crippen LogP contribution in [0, 0.1) is 0 Å². The van der Waals surface area contributed by atoms with Gasteiger partial charge in [0.1, 0.15) is 0 Å². The zero-order valence-corrected chi connectivity index (χ0v) is 14.1. The number of hydrogen-bond donors (Lipinski definition) is 0. The molecule has 0 N–H and O–H groups in total. The summed E-state index contributed by atoms with van der Waals surface area (Å²) in [7, 11) is -1.68. The van der Waals surface area contributed by atoms with Crippen molar-refractivity contribution in [2.24, 2.45) is 0 Å². The number of hydrogen-bond acceptors (Lipinski definition) is 3. The van der Waals surface area contributed by atoms with E-state index in [-0.39, 0.29) is 11.4 Å². The Balaban J connectivity index is 2.10. The fraction of sp³-hybridized carbons (Fsp3) is 0.600. The molecule has 0 aliphatic carbocycles. The summed E-state index contributed by atoms with van der Waals surface area (Å²) in [4.78, 5) is 0. The van der Waals surface area contributed by atoms with Crippen LogP contribution in [-0.4, -0.2) is 38.5 Å². The number of piperidine rings is 1. The molecule has 0 radical (unpaired) electrons. The van der Waals surface area contributed by atoms with Crippen molar-refractivity contribution in [2.45, 2.75) is 37.0 Å². The summed E-state index contributed by atoms with van der Waals surface area (Å²) in [6.07, 6.45) is 1.72. The Morgan fingerprint density at radius 1 is 1.29 bits per heavy atom. The van der Waals surface area contributed by atoms with Gasteiger partial charge in [0.2, 0.25) is 10.0 Å². The lowest BCUT2D eigenvalue weighted by Gasteiger charge is -2.38. The molecule has 0 amide bonds. The lowest BCUT2D eigenvalue weighted by Crippen LogP contribution is -2.49. The Kier molecular flexibility index (Phi) is 5.30. The van der Waals surface area contributed by atoms with E-state index in [9.17, 15) is 8.42 Å². The van der Waals surface area contributed by atoms with Crippen LogP contribution in [0.5, 0.6) is 0 Å². The third kappa shape index (κ3) is 4.19. The average molecular weight is 332 g/mol. The number of methoxy groups -OCH3 is 1. The lowest BCUT2D eigenvalue weighted by atomic mass is 9.96. The van der Waals surface area contributed by atoms with Crippen LogP contribution < -0.4 is 0 Å². The van der Waals surface area contributed by atoms with Crippen LogP contribution in [0.4, 0.5) is 0 Å². The van der Waals surface area contributed by atoms with Crippen molar-refractivity contribution in [1.29, 1.82) is 0 Å². The van der Waals surface area contributed by atoms with Gasteiger partial charge in [0.25, 0.3) is 0 Å². The maximum atomic E-state index is 12.6. The third-order valence-corrected chi connectivity index (χ3v) is 6.14. The highest BCUT2D eigenvalue weighted by Gasteiger charge is 2.36. The zero-order chi connectivity index (χ0) is 15.5. The van der Waals surface area contributed by atoms with Gasteiger partial charge in [0.05, 0.1) is 11.4 Å². The monoisotopic (exact) mass is 331 g/mol. The summed E-state index contributed by atoms with van der Waals surface area (Å²) in [5, 5.41) is 0. The maximum Gasteiger partial charge on any atom is 0.218 e. The van der Waals surface area contributed by atoms with Gasteiger partial charge in [-0.05, 0) is 30.9 Å². The number of sulfonamides is 1. The van der Waals surface area contributed by atoms with Gasteiger partial charge in [-0.1, -0.05) is 24.3 Å². The molecule has 0 saturated carbocycles.